The van der Waals surface area contributed by atoms with Crippen molar-refractivity contribution in [3.63, 3.8) is 0 Å². The van der Waals surface area contributed by atoms with Gasteiger partial charge in [-0.15, -0.1) is 0 Å². The van der Waals surface area contributed by atoms with Crippen LogP contribution in [0, 0.1) is 5.82 Å². The second-order valence-electron chi connectivity index (χ2n) is 3.23. The number of nitrogens with one attached hydrogen (secondary N) is 1. The van der Waals surface area contributed by atoms with Crippen LogP contribution in [-0.4, -0.2) is 18.6 Å². The van der Waals surface area contributed by atoms with E-state index >= 15 is 0 Å². The summed E-state index contributed by atoms with van der Waals surface area (Å²) in [5, 5.41) is 2.62. The average Bonchev–Trinajstić information content (AvgIpc) is 2.24. The highest BCUT2D eigenvalue weighted by atomic mass is 79.9. The summed E-state index contributed by atoms with van der Waals surface area (Å²) in [5.41, 5.74) is 0. The summed E-state index contributed by atoms with van der Waals surface area (Å²) in [6.07, 6.45) is -0.638. The predicted octanol–water partition coefficient (Wildman–Crippen LogP) is 2.49. The summed E-state index contributed by atoms with van der Waals surface area (Å²) >= 11 is 3.04. The van der Waals surface area contributed by atoms with Crippen molar-refractivity contribution >= 4 is 21.8 Å². The summed E-state index contributed by atoms with van der Waals surface area (Å²) in [7, 11) is 0. The molecule has 0 bridgehead atoms. The van der Waals surface area contributed by atoms with Crippen LogP contribution in [0.2, 0.25) is 0 Å². The molecular formula is C11H13BrFNO2. The summed E-state index contributed by atoms with van der Waals surface area (Å²) < 4.78 is 18.8. The van der Waals surface area contributed by atoms with Crippen LogP contribution in [0.25, 0.3) is 0 Å². The fraction of sp³-hybridized carbons (Fsp3) is 0.364. The van der Waals surface area contributed by atoms with E-state index in [0.717, 1.165) is 0 Å². The third-order valence-electron chi connectivity index (χ3n) is 1.92. The van der Waals surface area contributed by atoms with E-state index in [-0.39, 0.29) is 5.91 Å². The van der Waals surface area contributed by atoms with Gasteiger partial charge < -0.3 is 10.1 Å². The third kappa shape index (κ3) is 3.48. The van der Waals surface area contributed by atoms with Gasteiger partial charge >= 0.3 is 0 Å². The minimum Gasteiger partial charge on any atom is -0.481 e. The minimum absolute atomic E-state index is 0.217. The smallest absolute Gasteiger partial charge is 0.260 e. The van der Waals surface area contributed by atoms with Gasteiger partial charge in [0.25, 0.3) is 5.91 Å². The lowest BCUT2D eigenvalue weighted by molar-refractivity contribution is -0.127. The number of carbonyl (C=O) groups is 1. The van der Waals surface area contributed by atoms with E-state index in [1.54, 1.807) is 13.0 Å². The van der Waals surface area contributed by atoms with Gasteiger partial charge in [-0.3, -0.25) is 4.79 Å². The minimum atomic E-state index is -0.638. The second-order valence-corrected chi connectivity index (χ2v) is 4.08. The standard InChI is InChI=1S/C11H13BrFNO2/c1-3-14-11(15)7(2)16-8-4-5-9(12)10(13)6-8/h4-7H,3H2,1-2H3,(H,14,15). The molecule has 0 saturated carbocycles. The molecule has 0 aliphatic carbocycles. The molecular weight excluding hydrogens is 277 g/mol. The molecule has 0 aliphatic heterocycles. The number of hydrogen-bond acceptors (Lipinski definition) is 2. The van der Waals surface area contributed by atoms with Gasteiger partial charge in [-0.25, -0.2) is 4.39 Å². The van der Waals surface area contributed by atoms with Crippen molar-refractivity contribution in [3.05, 3.63) is 28.5 Å². The lowest BCUT2D eigenvalue weighted by atomic mass is 10.3. The molecule has 0 aliphatic rings. The molecule has 1 rings (SSSR count). The van der Waals surface area contributed by atoms with E-state index in [2.05, 4.69) is 21.2 Å². The maximum absolute atomic E-state index is 13.2. The quantitative estimate of drug-likeness (QED) is 0.925. The van der Waals surface area contributed by atoms with Crippen molar-refractivity contribution in [1.82, 2.24) is 5.32 Å². The predicted molar refractivity (Wildman–Crippen MR) is 62.9 cm³/mol. The van der Waals surface area contributed by atoms with Gasteiger partial charge in [0.15, 0.2) is 6.10 Å². The molecule has 3 nitrogen and oxygen atoms in total. The first-order valence-electron chi connectivity index (χ1n) is 4.94. The Kier molecular flexibility index (Phi) is 4.73. The topological polar surface area (TPSA) is 38.3 Å². The van der Waals surface area contributed by atoms with Gasteiger partial charge in [0.2, 0.25) is 0 Å². The van der Waals surface area contributed by atoms with E-state index in [4.69, 9.17) is 4.74 Å². The fourth-order valence-electron chi connectivity index (χ4n) is 1.13. The monoisotopic (exact) mass is 289 g/mol. The Morgan fingerprint density at radius 1 is 1.62 bits per heavy atom. The zero-order valence-corrected chi connectivity index (χ0v) is 10.7. The number of halogens is 2. The number of ether oxygens (including phenoxy) is 1. The highest BCUT2D eigenvalue weighted by Gasteiger charge is 2.13. The van der Waals surface area contributed by atoms with Crippen LogP contribution >= 0.6 is 15.9 Å². The van der Waals surface area contributed by atoms with Gasteiger partial charge in [-0.1, -0.05) is 0 Å². The van der Waals surface area contributed by atoms with E-state index in [1.807, 2.05) is 6.92 Å². The van der Waals surface area contributed by atoms with Crippen LogP contribution in [0.4, 0.5) is 4.39 Å². The maximum Gasteiger partial charge on any atom is 0.260 e. The molecule has 88 valence electrons. The molecule has 1 aromatic carbocycles. The number of likely N-dealkylation sites (N-methyl/N-ethyl adjacent to an activating group) is 1. The van der Waals surface area contributed by atoms with E-state index in [1.165, 1.54) is 12.1 Å². The van der Waals surface area contributed by atoms with E-state index in [9.17, 15) is 9.18 Å². The zero-order chi connectivity index (χ0) is 12.1. The number of rotatable bonds is 4. The Hall–Kier alpha value is -1.10. The molecule has 16 heavy (non-hydrogen) atoms. The molecule has 1 amide bonds. The molecule has 1 N–H and O–H groups in total. The second kappa shape index (κ2) is 5.84. The highest BCUT2D eigenvalue weighted by molar-refractivity contribution is 9.10. The van der Waals surface area contributed by atoms with Gasteiger partial charge in [-0.05, 0) is 41.9 Å². The van der Waals surface area contributed by atoms with Crippen molar-refractivity contribution in [2.75, 3.05) is 6.54 Å². The lowest BCUT2D eigenvalue weighted by Crippen LogP contribution is -2.36. The summed E-state index contributed by atoms with van der Waals surface area (Å²) in [5.74, 6) is -0.300. The van der Waals surface area contributed by atoms with Gasteiger partial charge in [0.1, 0.15) is 11.6 Å². The fourth-order valence-corrected chi connectivity index (χ4v) is 1.37. The number of amides is 1. The Balaban J connectivity index is 2.66. The highest BCUT2D eigenvalue weighted by Crippen LogP contribution is 2.21. The average molecular weight is 290 g/mol. The number of hydrogen-bond donors (Lipinski definition) is 1. The molecule has 0 radical (unpaired) electrons. The van der Waals surface area contributed by atoms with Crippen molar-refractivity contribution < 1.29 is 13.9 Å². The largest absolute Gasteiger partial charge is 0.481 e. The Morgan fingerprint density at radius 2 is 2.31 bits per heavy atom. The first kappa shape index (κ1) is 13.0. The number of benzene rings is 1. The van der Waals surface area contributed by atoms with Gasteiger partial charge in [0.05, 0.1) is 4.47 Å². The van der Waals surface area contributed by atoms with Crippen molar-refractivity contribution in [1.29, 1.82) is 0 Å². The van der Waals surface area contributed by atoms with E-state index < -0.39 is 11.9 Å². The molecule has 0 fully saturated rings. The van der Waals surface area contributed by atoms with Crippen LogP contribution in [0.3, 0.4) is 0 Å². The van der Waals surface area contributed by atoms with Crippen LogP contribution in [0.5, 0.6) is 5.75 Å². The Morgan fingerprint density at radius 3 is 2.88 bits per heavy atom. The Bertz CT molecular complexity index is 384. The summed E-state index contributed by atoms with van der Waals surface area (Å²) in [6.45, 7) is 3.98. The Labute approximate surface area is 102 Å². The van der Waals surface area contributed by atoms with E-state index in [0.29, 0.717) is 16.8 Å². The molecule has 0 heterocycles. The lowest BCUT2D eigenvalue weighted by Gasteiger charge is -2.14. The molecule has 1 atom stereocenters. The summed E-state index contributed by atoms with van der Waals surface area (Å²) in [4.78, 5) is 11.4. The molecule has 0 saturated heterocycles. The van der Waals surface area contributed by atoms with Crippen molar-refractivity contribution in [2.24, 2.45) is 0 Å². The molecule has 0 aromatic heterocycles. The summed E-state index contributed by atoms with van der Waals surface area (Å²) in [6, 6.07) is 4.37. The van der Waals surface area contributed by atoms with Crippen LogP contribution in [0.1, 0.15) is 13.8 Å². The van der Waals surface area contributed by atoms with Crippen molar-refractivity contribution in [3.8, 4) is 5.75 Å². The first-order chi connectivity index (χ1) is 7.54. The van der Waals surface area contributed by atoms with Crippen LogP contribution in [-0.2, 0) is 4.79 Å². The molecule has 1 aromatic rings. The molecule has 0 spiro atoms. The number of carbonyl (C=O) groups excluding carboxylic acids is 1. The normalized spacial score (nSPS) is 12.0. The van der Waals surface area contributed by atoms with Gasteiger partial charge in [0, 0.05) is 12.6 Å². The van der Waals surface area contributed by atoms with Crippen LogP contribution < -0.4 is 10.1 Å². The first-order valence-corrected chi connectivity index (χ1v) is 5.73. The third-order valence-corrected chi connectivity index (χ3v) is 2.57. The van der Waals surface area contributed by atoms with Crippen LogP contribution in [0.15, 0.2) is 22.7 Å². The molecule has 5 heteroatoms. The van der Waals surface area contributed by atoms with Crippen molar-refractivity contribution in [2.45, 2.75) is 20.0 Å². The molecule has 1 unspecified atom stereocenters. The zero-order valence-electron chi connectivity index (χ0n) is 9.09. The van der Waals surface area contributed by atoms with Gasteiger partial charge in [-0.2, -0.15) is 0 Å². The maximum atomic E-state index is 13.2. The SMILES string of the molecule is CCNC(=O)C(C)Oc1ccc(Br)c(F)c1.